The van der Waals surface area contributed by atoms with Crippen molar-refractivity contribution in [1.82, 2.24) is 0 Å². The minimum Gasteiger partial charge on any atom is -0.397 e. The Morgan fingerprint density at radius 2 is 0.519 bits per heavy atom. The van der Waals surface area contributed by atoms with Gasteiger partial charge in [-0.3, -0.25) is 0 Å². The number of nitrogen functional groups attached to an aromatic ring is 2. The van der Waals surface area contributed by atoms with Crippen LogP contribution in [0.1, 0.15) is 0 Å². The highest BCUT2D eigenvalue weighted by Crippen LogP contribution is 2.56. The van der Waals surface area contributed by atoms with Gasteiger partial charge < -0.3 is 11.5 Å². The van der Waals surface area contributed by atoms with Crippen LogP contribution in [0.5, 0.6) is 0 Å². The van der Waals surface area contributed by atoms with Gasteiger partial charge in [0, 0.05) is 22.3 Å². The van der Waals surface area contributed by atoms with E-state index < -0.39 is 0 Å². The lowest BCUT2D eigenvalue weighted by molar-refractivity contribution is 1.52. The predicted molar refractivity (Wildman–Crippen MR) is 231 cm³/mol. The van der Waals surface area contributed by atoms with E-state index in [4.69, 9.17) is 11.5 Å². The summed E-state index contributed by atoms with van der Waals surface area (Å²) in [4.78, 5) is 0. The molecule has 0 aliphatic rings. The largest absolute Gasteiger partial charge is 0.397 e. The summed E-state index contributed by atoms with van der Waals surface area (Å²) in [6.07, 6.45) is 0. The van der Waals surface area contributed by atoms with Crippen LogP contribution in [0, 0.1) is 0 Å². The van der Waals surface area contributed by atoms with Crippen LogP contribution in [0.15, 0.2) is 206 Å². The molecule has 54 heavy (non-hydrogen) atoms. The number of hydrogen-bond acceptors (Lipinski definition) is 2. The van der Waals surface area contributed by atoms with E-state index in [2.05, 4.69) is 206 Å². The maximum atomic E-state index is 7.55. The van der Waals surface area contributed by atoms with E-state index in [0.29, 0.717) is 11.4 Å². The first-order chi connectivity index (χ1) is 26.7. The van der Waals surface area contributed by atoms with Gasteiger partial charge in [-0.25, -0.2) is 0 Å². The summed E-state index contributed by atoms with van der Waals surface area (Å²) in [5.41, 5.74) is 31.0. The number of fused-ring (bicyclic) bond motifs is 1. The normalized spacial score (nSPS) is 11.1. The van der Waals surface area contributed by atoms with Gasteiger partial charge in [0.15, 0.2) is 0 Å². The van der Waals surface area contributed by atoms with E-state index in [1.165, 1.54) is 0 Å². The molecule has 0 saturated heterocycles. The highest BCUT2D eigenvalue weighted by atomic mass is 14.7. The first-order valence-corrected chi connectivity index (χ1v) is 18.4. The summed E-state index contributed by atoms with van der Waals surface area (Å²) in [6.45, 7) is 0. The van der Waals surface area contributed by atoms with Crippen LogP contribution in [-0.4, -0.2) is 0 Å². The zero-order valence-corrected chi connectivity index (χ0v) is 29.8. The van der Waals surface area contributed by atoms with E-state index in [9.17, 15) is 0 Å². The molecule has 0 aromatic heterocycles. The average molecular weight is 691 g/mol. The molecule has 4 N–H and O–H groups in total. The van der Waals surface area contributed by atoms with Crippen LogP contribution in [0.25, 0.3) is 88.7 Å². The zero-order chi connectivity index (χ0) is 36.4. The molecule has 256 valence electrons. The smallest absolute Gasteiger partial charge is 0.0640 e. The SMILES string of the molecule is Nc1c(N)c(-c2ccccc2-c2ccccc2)c(-c2cccc3ccccc23)c(-c2ccccc2-c2ccccc2)c1-c1ccccc1-c1ccccc1. The van der Waals surface area contributed by atoms with Crippen molar-refractivity contribution in [2.75, 3.05) is 11.5 Å². The van der Waals surface area contributed by atoms with Crippen LogP contribution in [0.2, 0.25) is 0 Å². The van der Waals surface area contributed by atoms with E-state index >= 15 is 0 Å². The zero-order valence-electron chi connectivity index (χ0n) is 29.8. The maximum Gasteiger partial charge on any atom is 0.0640 e. The third-order valence-corrected chi connectivity index (χ3v) is 10.5. The summed E-state index contributed by atoms with van der Waals surface area (Å²) in [7, 11) is 0. The van der Waals surface area contributed by atoms with Crippen molar-refractivity contribution < 1.29 is 0 Å². The molecule has 9 aromatic rings. The number of anilines is 2. The molecule has 0 fully saturated rings. The first kappa shape index (κ1) is 32.7. The van der Waals surface area contributed by atoms with Gasteiger partial charge in [0.05, 0.1) is 11.4 Å². The molecule has 0 aliphatic carbocycles. The fourth-order valence-electron chi connectivity index (χ4n) is 8.04. The molecule has 0 aliphatic heterocycles. The minimum atomic E-state index is 0.554. The average Bonchev–Trinajstić information content (AvgIpc) is 3.25. The first-order valence-electron chi connectivity index (χ1n) is 18.4. The highest BCUT2D eigenvalue weighted by Gasteiger charge is 2.29. The predicted octanol–water partition coefficient (Wildman–Crippen LogP) is 13.7. The molecule has 0 unspecified atom stereocenters. The van der Waals surface area contributed by atoms with Crippen molar-refractivity contribution in [3.05, 3.63) is 206 Å². The maximum absolute atomic E-state index is 7.55. The Hall–Kier alpha value is -7.16. The van der Waals surface area contributed by atoms with Crippen molar-refractivity contribution in [3.8, 4) is 77.9 Å². The minimum absolute atomic E-state index is 0.554. The van der Waals surface area contributed by atoms with Gasteiger partial charge >= 0.3 is 0 Å². The molecule has 0 bridgehead atoms. The van der Waals surface area contributed by atoms with Gasteiger partial charge in [-0.15, -0.1) is 0 Å². The van der Waals surface area contributed by atoms with E-state index in [-0.39, 0.29) is 0 Å². The van der Waals surface area contributed by atoms with Gasteiger partial charge in [0.25, 0.3) is 0 Å². The number of hydrogen-bond donors (Lipinski definition) is 2. The number of rotatable bonds is 7. The topological polar surface area (TPSA) is 52.0 Å². The highest BCUT2D eigenvalue weighted by molar-refractivity contribution is 6.18. The third kappa shape index (κ3) is 5.71. The fraction of sp³-hybridized carbons (Fsp3) is 0. The standard InChI is InChI=1S/C52H38N2/c53-51-49(45-32-16-13-29-41(45)36-21-6-2-7-22-36)47(43-31-15-12-28-39(43)35-19-4-1-5-20-35)48(44-34-18-26-38-25-10-11-27-40(38)44)50(52(51)54)46-33-17-14-30-42(46)37-23-8-3-9-24-37/h1-34H,53-54H2. The van der Waals surface area contributed by atoms with E-state index in [1.807, 2.05) is 0 Å². The fourth-order valence-corrected chi connectivity index (χ4v) is 8.04. The van der Waals surface area contributed by atoms with Crippen molar-refractivity contribution in [3.63, 3.8) is 0 Å². The van der Waals surface area contributed by atoms with Crippen molar-refractivity contribution in [1.29, 1.82) is 0 Å². The Labute approximate surface area is 316 Å². The Bertz CT molecular complexity index is 2760. The summed E-state index contributed by atoms with van der Waals surface area (Å²) < 4.78 is 0. The molecule has 0 heterocycles. The van der Waals surface area contributed by atoms with Crippen LogP contribution in [0.4, 0.5) is 11.4 Å². The molecule has 2 nitrogen and oxygen atoms in total. The molecular weight excluding hydrogens is 653 g/mol. The summed E-state index contributed by atoms with van der Waals surface area (Å²) >= 11 is 0. The van der Waals surface area contributed by atoms with Crippen molar-refractivity contribution in [2.45, 2.75) is 0 Å². The summed E-state index contributed by atoms with van der Waals surface area (Å²) in [6, 6.07) is 72.7. The van der Waals surface area contributed by atoms with Crippen LogP contribution in [-0.2, 0) is 0 Å². The Morgan fingerprint density at radius 1 is 0.222 bits per heavy atom. The van der Waals surface area contributed by atoms with Gasteiger partial charge in [0.2, 0.25) is 0 Å². The molecule has 2 heteroatoms. The Morgan fingerprint density at radius 3 is 0.963 bits per heavy atom. The van der Waals surface area contributed by atoms with E-state index in [1.54, 1.807) is 0 Å². The monoisotopic (exact) mass is 690 g/mol. The molecule has 9 aromatic carbocycles. The van der Waals surface area contributed by atoms with Crippen LogP contribution >= 0.6 is 0 Å². The Balaban J connectivity index is 1.53. The van der Waals surface area contributed by atoms with E-state index in [0.717, 1.165) is 88.7 Å². The number of nitrogens with two attached hydrogens (primary N) is 2. The quantitative estimate of drug-likeness (QED) is 0.164. The summed E-state index contributed by atoms with van der Waals surface area (Å²) in [5.74, 6) is 0. The summed E-state index contributed by atoms with van der Waals surface area (Å²) in [5, 5.41) is 2.30. The second kappa shape index (κ2) is 14.1. The lowest BCUT2D eigenvalue weighted by atomic mass is 9.76. The lowest BCUT2D eigenvalue weighted by Gasteiger charge is -2.28. The van der Waals surface area contributed by atoms with Gasteiger partial charge in [-0.05, 0) is 66.4 Å². The van der Waals surface area contributed by atoms with Gasteiger partial charge in [-0.2, -0.15) is 0 Å². The molecule has 0 amide bonds. The number of benzene rings is 9. The van der Waals surface area contributed by atoms with Gasteiger partial charge in [-0.1, -0.05) is 206 Å². The Kier molecular flexibility index (Phi) is 8.55. The molecule has 9 rings (SSSR count). The second-order valence-electron chi connectivity index (χ2n) is 13.6. The molecule has 0 saturated carbocycles. The third-order valence-electron chi connectivity index (χ3n) is 10.5. The van der Waals surface area contributed by atoms with Crippen LogP contribution < -0.4 is 11.5 Å². The van der Waals surface area contributed by atoms with Crippen molar-refractivity contribution >= 4 is 22.1 Å². The van der Waals surface area contributed by atoms with Crippen molar-refractivity contribution in [2.24, 2.45) is 0 Å². The molecule has 0 spiro atoms. The molecule has 0 atom stereocenters. The lowest BCUT2D eigenvalue weighted by Crippen LogP contribution is -2.07. The molecular formula is C52H38N2. The van der Waals surface area contributed by atoms with Crippen LogP contribution in [0.3, 0.4) is 0 Å². The van der Waals surface area contributed by atoms with Gasteiger partial charge in [0.1, 0.15) is 0 Å². The molecule has 0 radical (unpaired) electrons. The second-order valence-corrected chi connectivity index (χ2v) is 13.6.